The lowest BCUT2D eigenvalue weighted by atomic mass is 9.70. The van der Waals surface area contributed by atoms with Gasteiger partial charge in [0.15, 0.2) is 0 Å². The molecule has 24 heavy (non-hydrogen) atoms. The normalized spacial score (nSPS) is 22.2. The van der Waals surface area contributed by atoms with Crippen LogP contribution in [0.3, 0.4) is 0 Å². The van der Waals surface area contributed by atoms with Crippen LogP contribution in [-0.4, -0.2) is 0 Å². The van der Waals surface area contributed by atoms with Gasteiger partial charge in [0, 0.05) is 5.92 Å². The maximum atomic E-state index is 9.91. The minimum absolute atomic E-state index is 0.0831. The minimum atomic E-state index is -0.737. The Hall–Kier alpha value is -3.36. The summed E-state index contributed by atoms with van der Waals surface area (Å²) in [5.41, 5.74) is 1.97. The maximum absolute atomic E-state index is 9.91. The lowest BCUT2D eigenvalue weighted by molar-refractivity contribution is 0.565. The van der Waals surface area contributed by atoms with Gasteiger partial charge in [0.1, 0.15) is 5.41 Å². The molecule has 0 amide bonds. The van der Waals surface area contributed by atoms with E-state index in [1.165, 1.54) is 0 Å². The van der Waals surface area contributed by atoms with E-state index in [1.807, 2.05) is 78.9 Å². The summed E-state index contributed by atoms with van der Waals surface area (Å²) in [6.07, 6.45) is 11.8. The minimum Gasteiger partial charge on any atom is -0.197 e. The number of benzene rings is 2. The van der Waals surface area contributed by atoms with Gasteiger partial charge in [0.25, 0.3) is 0 Å². The molecule has 0 saturated carbocycles. The summed E-state index contributed by atoms with van der Waals surface area (Å²) >= 11 is 0. The summed E-state index contributed by atoms with van der Waals surface area (Å²) in [4.78, 5) is 0. The SMILES string of the molecule is N#Cc1ccc(C2C=CC=CC2(C#N)C=Cc2ccccc2)cc1. The monoisotopic (exact) mass is 308 g/mol. The molecule has 2 nitrogen and oxygen atoms in total. The van der Waals surface area contributed by atoms with Crippen LogP contribution >= 0.6 is 0 Å². The Morgan fingerprint density at radius 3 is 2.33 bits per heavy atom. The lowest BCUT2D eigenvalue weighted by Gasteiger charge is -2.30. The molecular formula is C22H16N2. The Labute approximate surface area is 142 Å². The number of nitrogens with zero attached hydrogens (tertiary/aromatic N) is 2. The Morgan fingerprint density at radius 1 is 0.917 bits per heavy atom. The van der Waals surface area contributed by atoms with E-state index in [4.69, 9.17) is 5.26 Å². The van der Waals surface area contributed by atoms with E-state index in [-0.39, 0.29) is 5.92 Å². The molecular weight excluding hydrogens is 292 g/mol. The van der Waals surface area contributed by atoms with Gasteiger partial charge in [0.2, 0.25) is 0 Å². The number of hydrogen-bond donors (Lipinski definition) is 0. The fourth-order valence-corrected chi connectivity index (χ4v) is 2.91. The van der Waals surface area contributed by atoms with Gasteiger partial charge in [-0.25, -0.2) is 0 Å². The molecule has 1 aliphatic rings. The lowest BCUT2D eigenvalue weighted by Crippen LogP contribution is -2.23. The van der Waals surface area contributed by atoms with Crippen LogP contribution in [0.15, 0.2) is 85.0 Å². The van der Waals surface area contributed by atoms with Gasteiger partial charge in [-0.1, -0.05) is 78.9 Å². The first-order chi connectivity index (χ1) is 11.8. The summed E-state index contributed by atoms with van der Waals surface area (Å²) in [6.45, 7) is 0. The standard InChI is InChI=1S/C22H16N2/c23-16-19-9-11-20(12-10-19)21-8-4-5-14-22(21,17-24)15-13-18-6-2-1-3-7-18/h1-15,21H. The zero-order valence-corrected chi connectivity index (χ0v) is 13.1. The highest BCUT2D eigenvalue weighted by atomic mass is 14.4. The van der Waals surface area contributed by atoms with Crippen LogP contribution in [0.5, 0.6) is 0 Å². The van der Waals surface area contributed by atoms with E-state index in [9.17, 15) is 5.26 Å². The first-order valence-corrected chi connectivity index (χ1v) is 7.79. The second kappa shape index (κ2) is 6.82. The quantitative estimate of drug-likeness (QED) is 0.801. The Morgan fingerprint density at radius 2 is 1.67 bits per heavy atom. The van der Waals surface area contributed by atoms with Crippen molar-refractivity contribution < 1.29 is 0 Å². The van der Waals surface area contributed by atoms with Crippen LogP contribution in [-0.2, 0) is 0 Å². The fourth-order valence-electron chi connectivity index (χ4n) is 2.91. The zero-order valence-electron chi connectivity index (χ0n) is 13.1. The van der Waals surface area contributed by atoms with Crippen molar-refractivity contribution in [2.24, 2.45) is 5.41 Å². The molecule has 3 rings (SSSR count). The van der Waals surface area contributed by atoms with Crippen molar-refractivity contribution in [3.05, 3.63) is 102 Å². The highest BCUT2D eigenvalue weighted by Crippen LogP contribution is 2.42. The van der Waals surface area contributed by atoms with Crippen LogP contribution in [0.1, 0.15) is 22.6 Å². The summed E-state index contributed by atoms with van der Waals surface area (Å²) in [5, 5.41) is 18.9. The fraction of sp³-hybridized carbons (Fsp3) is 0.0909. The number of rotatable bonds is 3. The van der Waals surface area contributed by atoms with E-state index in [0.29, 0.717) is 5.56 Å². The van der Waals surface area contributed by atoms with Crippen molar-refractivity contribution >= 4 is 6.08 Å². The van der Waals surface area contributed by atoms with Gasteiger partial charge in [-0.05, 0) is 23.3 Å². The van der Waals surface area contributed by atoms with E-state index >= 15 is 0 Å². The van der Waals surface area contributed by atoms with Gasteiger partial charge in [-0.3, -0.25) is 0 Å². The maximum Gasteiger partial charge on any atom is 0.104 e. The van der Waals surface area contributed by atoms with E-state index in [2.05, 4.69) is 12.1 Å². The largest absolute Gasteiger partial charge is 0.197 e. The zero-order chi connectivity index (χ0) is 16.8. The average molecular weight is 308 g/mol. The molecule has 0 N–H and O–H groups in total. The third-order valence-electron chi connectivity index (χ3n) is 4.24. The third-order valence-corrected chi connectivity index (χ3v) is 4.24. The molecule has 114 valence electrons. The molecule has 2 aromatic rings. The highest BCUT2D eigenvalue weighted by molar-refractivity contribution is 5.55. The predicted molar refractivity (Wildman–Crippen MR) is 95.7 cm³/mol. The molecule has 2 atom stereocenters. The Bertz CT molecular complexity index is 874. The number of allylic oxidation sites excluding steroid dienone is 5. The van der Waals surface area contributed by atoms with Gasteiger partial charge in [0.05, 0.1) is 17.7 Å². The number of nitriles is 2. The Balaban J connectivity index is 1.99. The second-order valence-electron chi connectivity index (χ2n) is 5.74. The molecule has 0 aliphatic heterocycles. The van der Waals surface area contributed by atoms with Gasteiger partial charge >= 0.3 is 0 Å². The van der Waals surface area contributed by atoms with Crippen LogP contribution < -0.4 is 0 Å². The van der Waals surface area contributed by atoms with Gasteiger partial charge < -0.3 is 0 Å². The van der Waals surface area contributed by atoms with Crippen LogP contribution in [0.4, 0.5) is 0 Å². The summed E-state index contributed by atoms with van der Waals surface area (Å²) in [7, 11) is 0. The van der Waals surface area contributed by atoms with Crippen LogP contribution in [0.2, 0.25) is 0 Å². The molecule has 0 heterocycles. The molecule has 2 heteroatoms. The topological polar surface area (TPSA) is 47.6 Å². The van der Waals surface area contributed by atoms with Crippen molar-refractivity contribution in [1.29, 1.82) is 10.5 Å². The average Bonchev–Trinajstić information content (AvgIpc) is 2.67. The first kappa shape index (κ1) is 15.5. The van der Waals surface area contributed by atoms with Crippen LogP contribution in [0, 0.1) is 28.1 Å². The van der Waals surface area contributed by atoms with Gasteiger partial charge in [-0.2, -0.15) is 10.5 Å². The molecule has 0 spiro atoms. The molecule has 1 aliphatic carbocycles. The summed E-state index contributed by atoms with van der Waals surface area (Å²) < 4.78 is 0. The number of hydrogen-bond acceptors (Lipinski definition) is 2. The van der Waals surface area contributed by atoms with E-state index in [0.717, 1.165) is 11.1 Å². The van der Waals surface area contributed by atoms with Crippen molar-refractivity contribution in [2.75, 3.05) is 0 Å². The molecule has 0 radical (unpaired) electrons. The summed E-state index contributed by atoms with van der Waals surface area (Å²) in [6, 6.07) is 22.0. The molecule has 2 unspecified atom stereocenters. The third kappa shape index (κ3) is 3.05. The van der Waals surface area contributed by atoms with Crippen LogP contribution in [0.25, 0.3) is 6.08 Å². The van der Waals surface area contributed by atoms with E-state index in [1.54, 1.807) is 12.1 Å². The summed E-state index contributed by atoms with van der Waals surface area (Å²) in [5.74, 6) is -0.0831. The van der Waals surface area contributed by atoms with Gasteiger partial charge in [-0.15, -0.1) is 0 Å². The Kier molecular flexibility index (Phi) is 4.41. The van der Waals surface area contributed by atoms with E-state index < -0.39 is 5.41 Å². The first-order valence-electron chi connectivity index (χ1n) is 7.79. The highest BCUT2D eigenvalue weighted by Gasteiger charge is 2.35. The second-order valence-corrected chi connectivity index (χ2v) is 5.74. The van der Waals surface area contributed by atoms with Crippen molar-refractivity contribution in [1.82, 2.24) is 0 Å². The predicted octanol–water partition coefficient (Wildman–Crippen LogP) is 4.99. The molecule has 0 bridgehead atoms. The molecule has 0 saturated heterocycles. The van der Waals surface area contributed by atoms with Crippen molar-refractivity contribution in [2.45, 2.75) is 5.92 Å². The molecule has 0 aromatic heterocycles. The molecule has 2 aromatic carbocycles. The van der Waals surface area contributed by atoms with Crippen molar-refractivity contribution in [3.63, 3.8) is 0 Å². The molecule has 0 fully saturated rings. The van der Waals surface area contributed by atoms with Crippen molar-refractivity contribution in [3.8, 4) is 12.1 Å². The smallest absolute Gasteiger partial charge is 0.104 e.